The number of anilines is 1. The molecule has 6 nitrogen and oxygen atoms in total. The molecule has 9 aromatic rings. The Morgan fingerprint density at radius 3 is 2.10 bits per heavy atom. The molecule has 0 amide bonds. The molecule has 0 bridgehead atoms. The molecule has 230 valence electrons. The number of nitrogens with zero attached hydrogens (tertiary/aromatic N) is 6. The molecule has 1 spiro atoms. The summed E-state index contributed by atoms with van der Waals surface area (Å²) in [5, 5.41) is 5.08. The van der Waals surface area contributed by atoms with Gasteiger partial charge in [0.15, 0.2) is 5.69 Å². The molecule has 13 rings (SSSR count). The van der Waals surface area contributed by atoms with Gasteiger partial charge in [0.25, 0.3) is 0 Å². The summed E-state index contributed by atoms with van der Waals surface area (Å²) in [6, 6.07) is 44.6. The van der Waals surface area contributed by atoms with Gasteiger partial charge >= 0.3 is 11.3 Å². The minimum Gasteiger partial charge on any atom is -0.320 e. The number of pyridine rings is 1. The highest BCUT2D eigenvalue weighted by Gasteiger charge is 2.68. The second-order valence-corrected chi connectivity index (χ2v) is 13.9. The minimum absolute atomic E-state index is 0.255. The Bertz CT molecular complexity index is 3060. The molecule has 1 unspecified atom stereocenters. The van der Waals surface area contributed by atoms with Crippen molar-refractivity contribution in [2.45, 2.75) is 5.66 Å². The van der Waals surface area contributed by atoms with E-state index in [0.29, 0.717) is 0 Å². The number of hydrogen-bond donors (Lipinski definition) is 0. The zero-order valence-electron chi connectivity index (χ0n) is 26.8. The van der Waals surface area contributed by atoms with Crippen LogP contribution < -0.4 is 19.6 Å². The van der Waals surface area contributed by atoms with Gasteiger partial charge in [-0.05, 0) is 67.0 Å². The molecular formula is C43H27BN6+2. The van der Waals surface area contributed by atoms with Crippen LogP contribution in [0.15, 0.2) is 164 Å². The van der Waals surface area contributed by atoms with Gasteiger partial charge in [-0.25, -0.2) is 0 Å². The van der Waals surface area contributed by atoms with Gasteiger partial charge in [-0.3, -0.25) is 0 Å². The van der Waals surface area contributed by atoms with Gasteiger partial charge in [0.05, 0.1) is 34.5 Å². The summed E-state index contributed by atoms with van der Waals surface area (Å²) < 4.78 is 12.5. The van der Waals surface area contributed by atoms with Gasteiger partial charge < -0.3 is 9.47 Å². The Balaban J connectivity index is 1.17. The standard InChI is InChI=1S/C43H27BN6/c1-2-10-28(11-3-1)44-21-24-45(25-22-44)29-26-47-36-17-8-18-37-39(36)43(48(47)27-29)40-38(20-19-32-30-12-4-6-15-34(30)49(37)41(32)40)50-35-16-7-5-13-31(35)33-14-9-23-46(43)42(33)50/h1-27H/q+2. The van der Waals surface area contributed by atoms with Crippen molar-refractivity contribution in [2.24, 2.45) is 0 Å². The van der Waals surface area contributed by atoms with Gasteiger partial charge in [-0.1, -0.05) is 88.8 Å². The van der Waals surface area contributed by atoms with Crippen LogP contribution in [0.1, 0.15) is 11.1 Å². The van der Waals surface area contributed by atoms with Crippen molar-refractivity contribution >= 4 is 61.6 Å². The highest BCUT2D eigenvalue weighted by molar-refractivity contribution is 6.82. The van der Waals surface area contributed by atoms with E-state index in [2.05, 4.69) is 192 Å². The van der Waals surface area contributed by atoms with Gasteiger partial charge in [0.1, 0.15) is 28.0 Å². The minimum atomic E-state index is -0.664. The van der Waals surface area contributed by atoms with E-state index >= 15 is 0 Å². The summed E-state index contributed by atoms with van der Waals surface area (Å²) in [5.41, 5.74) is 13.0. The largest absolute Gasteiger partial charge is 0.394 e. The number of aromatic nitrogens is 5. The summed E-state index contributed by atoms with van der Waals surface area (Å²) in [5.74, 6) is 4.58. The van der Waals surface area contributed by atoms with E-state index in [-0.39, 0.29) is 6.71 Å². The number of rotatable bonds is 2. The molecule has 5 aromatic carbocycles. The molecule has 4 aliphatic rings. The van der Waals surface area contributed by atoms with E-state index in [1.165, 1.54) is 77.4 Å². The van der Waals surface area contributed by atoms with E-state index in [9.17, 15) is 0 Å². The molecule has 8 heterocycles. The fourth-order valence-electron chi connectivity index (χ4n) is 9.78. The predicted octanol–water partition coefficient (Wildman–Crippen LogP) is 6.81. The van der Waals surface area contributed by atoms with Crippen molar-refractivity contribution in [3.63, 3.8) is 0 Å². The Kier molecular flexibility index (Phi) is 4.33. The quantitative estimate of drug-likeness (QED) is 0.151. The predicted molar refractivity (Wildman–Crippen MR) is 199 cm³/mol. The van der Waals surface area contributed by atoms with Crippen LogP contribution in [0.2, 0.25) is 0 Å². The molecule has 1 atom stereocenters. The average Bonchev–Trinajstić information content (AvgIpc) is 3.93. The molecule has 0 N–H and O–H groups in total. The van der Waals surface area contributed by atoms with E-state index in [1.807, 2.05) is 0 Å². The van der Waals surface area contributed by atoms with E-state index < -0.39 is 5.66 Å². The molecular weight excluding hydrogens is 611 g/mol. The lowest BCUT2D eigenvalue weighted by Crippen LogP contribution is -2.76. The van der Waals surface area contributed by atoms with Crippen LogP contribution in [0.3, 0.4) is 0 Å². The van der Waals surface area contributed by atoms with Gasteiger partial charge in [-0.2, -0.15) is 9.13 Å². The average molecular weight is 639 g/mol. The summed E-state index contributed by atoms with van der Waals surface area (Å²) in [6.45, 7) is 0.255. The first-order valence-corrected chi connectivity index (χ1v) is 17.3. The molecule has 0 aliphatic carbocycles. The first-order chi connectivity index (χ1) is 24.8. The van der Waals surface area contributed by atoms with E-state index in [4.69, 9.17) is 0 Å². The molecule has 4 aliphatic heterocycles. The second-order valence-electron chi connectivity index (χ2n) is 13.9. The number of hydrogen-bond acceptors (Lipinski definition) is 1. The lowest BCUT2D eigenvalue weighted by atomic mass is 9.45. The van der Waals surface area contributed by atoms with Gasteiger partial charge in [0, 0.05) is 16.2 Å². The summed E-state index contributed by atoms with van der Waals surface area (Å²) in [4.78, 5) is 2.25. The molecule has 0 fully saturated rings. The molecule has 50 heavy (non-hydrogen) atoms. The highest BCUT2D eigenvalue weighted by atomic mass is 15.5. The maximum absolute atomic E-state index is 2.56. The third-order valence-electron chi connectivity index (χ3n) is 11.7. The topological polar surface area (TPSA) is 25.8 Å². The normalized spacial score (nSPS) is 17.4. The van der Waals surface area contributed by atoms with Crippen LogP contribution in [-0.2, 0) is 5.66 Å². The van der Waals surface area contributed by atoms with Crippen LogP contribution in [0, 0.1) is 0 Å². The molecule has 0 saturated heterocycles. The summed E-state index contributed by atoms with van der Waals surface area (Å²) >= 11 is 0. The van der Waals surface area contributed by atoms with E-state index in [1.54, 1.807) is 0 Å². The third-order valence-corrected chi connectivity index (χ3v) is 11.7. The van der Waals surface area contributed by atoms with Crippen molar-refractivity contribution in [1.29, 1.82) is 0 Å². The van der Waals surface area contributed by atoms with Gasteiger partial charge in [-0.15, -0.1) is 4.68 Å². The first kappa shape index (κ1) is 25.4. The Hall–Kier alpha value is -6.60. The number of benzene rings is 5. The number of fused-ring (bicyclic) bond motifs is 10. The Morgan fingerprint density at radius 2 is 1.26 bits per heavy atom. The van der Waals surface area contributed by atoms with Crippen molar-refractivity contribution in [3.05, 3.63) is 175 Å². The molecule has 0 saturated carbocycles. The fraction of sp³-hybridized carbons (Fsp3) is 0.0233. The maximum Gasteiger partial charge on any atom is 0.394 e. The highest BCUT2D eigenvalue weighted by Crippen LogP contribution is 2.53. The molecule has 0 radical (unpaired) electrons. The lowest BCUT2D eigenvalue weighted by Gasteiger charge is -2.33. The van der Waals surface area contributed by atoms with Gasteiger partial charge in [0.2, 0.25) is 12.9 Å². The van der Waals surface area contributed by atoms with Crippen LogP contribution in [0.25, 0.3) is 60.8 Å². The van der Waals surface area contributed by atoms with Crippen molar-refractivity contribution < 1.29 is 9.25 Å². The summed E-state index contributed by atoms with van der Waals surface area (Å²) in [6.07, 6.45) is 11.4. The zero-order valence-corrected chi connectivity index (χ0v) is 26.8. The van der Waals surface area contributed by atoms with Crippen LogP contribution in [0.4, 0.5) is 5.69 Å². The Labute approximate surface area is 286 Å². The Morgan fingerprint density at radius 1 is 0.560 bits per heavy atom. The molecule has 7 heteroatoms. The zero-order chi connectivity index (χ0) is 32.3. The van der Waals surface area contributed by atoms with E-state index in [0.717, 1.165) is 5.69 Å². The van der Waals surface area contributed by atoms with Crippen molar-refractivity contribution in [2.75, 3.05) is 4.90 Å². The summed E-state index contributed by atoms with van der Waals surface area (Å²) in [7, 11) is 0. The van der Waals surface area contributed by atoms with Crippen molar-refractivity contribution in [1.82, 2.24) is 13.8 Å². The maximum atomic E-state index is 2.56. The second kappa shape index (κ2) is 8.51. The fourth-order valence-corrected chi connectivity index (χ4v) is 9.78. The smallest absolute Gasteiger partial charge is 0.320 e. The third kappa shape index (κ3) is 2.69. The van der Waals surface area contributed by atoms with Crippen LogP contribution in [-0.4, -0.2) is 20.5 Å². The SMILES string of the molecule is C1=CN(c2cn3[n+](c2)C24c5c(cccc5-3)-n3c5ccccc5c5ccc(c2c53)-n2c3ccccc3c3ccc[n+]4c32)C=CB1c1ccccc1. The lowest BCUT2D eigenvalue weighted by molar-refractivity contribution is -0.987. The monoisotopic (exact) mass is 638 g/mol. The van der Waals surface area contributed by atoms with Crippen LogP contribution in [0.5, 0.6) is 0 Å². The van der Waals surface area contributed by atoms with Crippen LogP contribution >= 0.6 is 0 Å². The van der Waals surface area contributed by atoms with Crippen molar-refractivity contribution in [3.8, 4) is 17.1 Å². The number of para-hydroxylation sites is 2. The first-order valence-electron chi connectivity index (χ1n) is 17.3. The molecule has 4 aromatic heterocycles.